The molecule has 0 spiro atoms. The summed E-state index contributed by atoms with van der Waals surface area (Å²) in [6, 6.07) is 0. The number of carbonyl (C=O) groups is 2. The molecule has 0 aromatic carbocycles. The zero-order valence-corrected chi connectivity index (χ0v) is 33.1. The molecule has 18 unspecified atom stereocenters. The van der Waals surface area contributed by atoms with E-state index >= 15 is 0 Å². The van der Waals surface area contributed by atoms with Crippen LogP contribution in [0.4, 0.5) is 0 Å². The number of rotatable bonds is 2. The summed E-state index contributed by atoms with van der Waals surface area (Å²) in [5.74, 6) is 14.8. The van der Waals surface area contributed by atoms with E-state index in [1.165, 1.54) is 38.5 Å². The SMILES string of the molecule is C1=CC2CC1C1C3CCC(C3)C21.C1=CC2CCC1C2.CC(C)(C)OC(=O)C1CC2C=CC1C2.CC(C)(C)OC(=O)C1CC2CC1C1C3C=CC(C3)C21. The molecule has 12 bridgehead atoms. The normalized spacial score (nSPS) is 48.7. The number of ether oxygens (including phenoxy) is 2. The van der Waals surface area contributed by atoms with E-state index < -0.39 is 0 Å². The van der Waals surface area contributed by atoms with Crippen molar-refractivity contribution in [1.82, 2.24) is 0 Å². The van der Waals surface area contributed by atoms with Crippen molar-refractivity contribution in [2.45, 2.75) is 130 Å². The average molecular weight is 709 g/mol. The van der Waals surface area contributed by atoms with Gasteiger partial charge in [0.15, 0.2) is 0 Å². The average Bonchev–Trinajstić information content (AvgIpc) is 3.97. The van der Waals surface area contributed by atoms with Crippen LogP contribution in [-0.4, -0.2) is 23.1 Å². The van der Waals surface area contributed by atoms with E-state index in [4.69, 9.17) is 9.47 Å². The Bertz CT molecular complexity index is 1470. The molecular formula is C48H68O4. The van der Waals surface area contributed by atoms with Crippen LogP contribution < -0.4 is 0 Å². The molecule has 0 aromatic heterocycles. The Hall–Kier alpha value is -2.10. The quantitative estimate of drug-likeness (QED) is 0.163. The maximum atomic E-state index is 12.4. The Morgan fingerprint density at radius 3 is 1.35 bits per heavy atom. The zero-order chi connectivity index (χ0) is 36.1. The van der Waals surface area contributed by atoms with Crippen LogP contribution in [0.5, 0.6) is 0 Å². The van der Waals surface area contributed by atoms with Crippen LogP contribution in [0, 0.1) is 107 Å². The van der Waals surface area contributed by atoms with Crippen molar-refractivity contribution in [1.29, 1.82) is 0 Å². The van der Waals surface area contributed by atoms with Gasteiger partial charge in [-0.05, 0) is 213 Å². The molecule has 0 N–H and O–H groups in total. The Morgan fingerprint density at radius 2 is 0.904 bits per heavy atom. The molecule has 0 amide bonds. The lowest BCUT2D eigenvalue weighted by atomic mass is 9.69. The minimum absolute atomic E-state index is 0.00523. The van der Waals surface area contributed by atoms with Gasteiger partial charge in [-0.15, -0.1) is 0 Å². The molecule has 12 aliphatic rings. The second-order valence-electron chi connectivity index (χ2n) is 21.7. The number of carbonyl (C=O) groups excluding carboxylic acids is 2. The van der Waals surface area contributed by atoms with Crippen LogP contribution in [0.25, 0.3) is 0 Å². The van der Waals surface area contributed by atoms with Crippen molar-refractivity contribution in [2.24, 2.45) is 107 Å². The molecule has 8 saturated carbocycles. The van der Waals surface area contributed by atoms with E-state index in [0.29, 0.717) is 17.8 Å². The summed E-state index contributed by atoms with van der Waals surface area (Å²) < 4.78 is 11.0. The van der Waals surface area contributed by atoms with Gasteiger partial charge in [-0.2, -0.15) is 0 Å². The molecule has 52 heavy (non-hydrogen) atoms. The Balaban J connectivity index is 0.0000000969. The van der Waals surface area contributed by atoms with Gasteiger partial charge in [0, 0.05) is 0 Å². The molecule has 12 rings (SSSR count). The number of hydrogen-bond donors (Lipinski definition) is 0. The molecule has 0 aliphatic heterocycles. The first-order valence-electron chi connectivity index (χ1n) is 22.0. The first kappa shape index (κ1) is 35.6. The molecule has 4 heteroatoms. The number of hydrogen-bond acceptors (Lipinski definition) is 4. The molecule has 0 aromatic rings. The first-order valence-corrected chi connectivity index (χ1v) is 22.0. The second-order valence-corrected chi connectivity index (χ2v) is 21.7. The van der Waals surface area contributed by atoms with Crippen molar-refractivity contribution in [3.8, 4) is 0 Å². The molecule has 18 atom stereocenters. The molecule has 12 aliphatic carbocycles. The van der Waals surface area contributed by atoms with E-state index in [2.05, 4.69) is 48.6 Å². The number of allylic oxidation sites excluding steroid dienone is 8. The summed E-state index contributed by atoms with van der Waals surface area (Å²) in [4.78, 5) is 24.2. The lowest BCUT2D eigenvalue weighted by molar-refractivity contribution is -0.163. The van der Waals surface area contributed by atoms with Crippen LogP contribution in [0.1, 0.15) is 119 Å². The van der Waals surface area contributed by atoms with Gasteiger partial charge in [0.25, 0.3) is 0 Å². The third-order valence-electron chi connectivity index (χ3n) is 16.3. The monoisotopic (exact) mass is 709 g/mol. The van der Waals surface area contributed by atoms with Crippen LogP contribution >= 0.6 is 0 Å². The van der Waals surface area contributed by atoms with Gasteiger partial charge in [-0.25, -0.2) is 0 Å². The molecule has 8 fully saturated rings. The summed E-state index contributed by atoms with van der Waals surface area (Å²) in [5, 5.41) is 0. The fraction of sp³-hybridized carbons (Fsp3) is 0.792. The van der Waals surface area contributed by atoms with Gasteiger partial charge >= 0.3 is 11.9 Å². The smallest absolute Gasteiger partial charge is 0.310 e. The topological polar surface area (TPSA) is 52.6 Å². The van der Waals surface area contributed by atoms with Crippen LogP contribution in [0.15, 0.2) is 48.6 Å². The second kappa shape index (κ2) is 13.3. The highest BCUT2D eigenvalue weighted by atomic mass is 16.6. The summed E-state index contributed by atoms with van der Waals surface area (Å²) in [5.41, 5.74) is -0.685. The Kier molecular flexibility index (Phi) is 9.09. The van der Waals surface area contributed by atoms with Crippen molar-refractivity contribution < 1.29 is 19.1 Å². The maximum Gasteiger partial charge on any atom is 0.310 e. The zero-order valence-electron chi connectivity index (χ0n) is 33.1. The van der Waals surface area contributed by atoms with E-state index in [9.17, 15) is 9.59 Å². The molecule has 0 saturated heterocycles. The molecule has 284 valence electrons. The lowest BCUT2D eigenvalue weighted by Gasteiger charge is -2.36. The van der Waals surface area contributed by atoms with Gasteiger partial charge in [0.2, 0.25) is 0 Å². The van der Waals surface area contributed by atoms with E-state index in [-0.39, 0.29) is 35.0 Å². The van der Waals surface area contributed by atoms with Crippen LogP contribution in [0.3, 0.4) is 0 Å². The minimum atomic E-state index is -0.345. The van der Waals surface area contributed by atoms with Gasteiger partial charge in [-0.1, -0.05) is 48.6 Å². The summed E-state index contributed by atoms with van der Waals surface area (Å²) >= 11 is 0. The van der Waals surface area contributed by atoms with E-state index in [1.54, 1.807) is 19.3 Å². The van der Waals surface area contributed by atoms with Gasteiger partial charge in [-0.3, -0.25) is 9.59 Å². The van der Waals surface area contributed by atoms with E-state index in [0.717, 1.165) is 96.2 Å². The Labute approximate surface area is 315 Å². The number of esters is 2. The highest BCUT2D eigenvalue weighted by Gasteiger charge is 2.63. The highest BCUT2D eigenvalue weighted by Crippen LogP contribution is 2.67. The highest BCUT2D eigenvalue weighted by molar-refractivity contribution is 5.75. The van der Waals surface area contributed by atoms with Gasteiger partial charge in [0.1, 0.15) is 11.2 Å². The molecule has 4 nitrogen and oxygen atoms in total. The fourth-order valence-corrected chi connectivity index (χ4v) is 14.8. The van der Waals surface area contributed by atoms with Gasteiger partial charge in [0.05, 0.1) is 11.8 Å². The maximum absolute atomic E-state index is 12.4. The predicted molar refractivity (Wildman–Crippen MR) is 206 cm³/mol. The van der Waals surface area contributed by atoms with Crippen molar-refractivity contribution >= 4 is 11.9 Å². The lowest BCUT2D eigenvalue weighted by Crippen LogP contribution is -2.37. The number of fused-ring (bicyclic) bond motifs is 22. The van der Waals surface area contributed by atoms with E-state index in [1.807, 2.05) is 41.5 Å². The molecule has 0 radical (unpaired) electrons. The third kappa shape index (κ3) is 6.65. The largest absolute Gasteiger partial charge is 0.460 e. The summed E-state index contributed by atoms with van der Waals surface area (Å²) in [6.45, 7) is 11.7. The van der Waals surface area contributed by atoms with Crippen LogP contribution in [0.2, 0.25) is 0 Å². The minimum Gasteiger partial charge on any atom is -0.460 e. The third-order valence-corrected chi connectivity index (χ3v) is 16.3. The molecule has 0 heterocycles. The van der Waals surface area contributed by atoms with Crippen LogP contribution in [-0.2, 0) is 19.1 Å². The van der Waals surface area contributed by atoms with Crippen molar-refractivity contribution in [3.63, 3.8) is 0 Å². The summed E-state index contributed by atoms with van der Waals surface area (Å²) in [6.07, 6.45) is 35.7. The fourth-order valence-electron chi connectivity index (χ4n) is 14.8. The first-order chi connectivity index (χ1) is 24.8. The van der Waals surface area contributed by atoms with Crippen molar-refractivity contribution in [2.75, 3.05) is 0 Å². The standard InChI is InChI=1S/C17H24O2.C12H18O2.C12H16.C7H10/c1-17(2,3)19-16(18)13-8-11-7-12(13)15-10-5-4-9(6-10)14(11)15;1-12(2,3)14-11(13)10-7-8-4-5-9(10)6-8;1-2-8-5-7(1)11-9-3-4-10(6-9)12(8)11;1-2-7-4-3-6(1)5-7/h4-5,9-15H,6-8H2,1-3H3;4-5,8-10H,6-7H2,1-3H3;1-2,7-12H,3-6H2;1-2,6-7H,3-5H2. The Morgan fingerprint density at radius 1 is 0.423 bits per heavy atom. The predicted octanol–water partition coefficient (Wildman–Crippen LogP) is 10.8. The van der Waals surface area contributed by atoms with Crippen molar-refractivity contribution in [3.05, 3.63) is 48.6 Å². The van der Waals surface area contributed by atoms with Gasteiger partial charge < -0.3 is 9.47 Å². The summed E-state index contributed by atoms with van der Waals surface area (Å²) in [7, 11) is 0. The molecular weight excluding hydrogens is 641 g/mol.